The Bertz CT molecular complexity index is 296. The lowest BCUT2D eigenvalue weighted by Crippen LogP contribution is -2.21. The molecule has 0 spiro atoms. The Morgan fingerprint density at radius 2 is 2.14 bits per heavy atom. The highest BCUT2D eigenvalue weighted by atomic mass is 19.1. The largest absolute Gasteiger partial charge is 0.317 e. The highest BCUT2D eigenvalue weighted by Gasteiger charge is 2.01. The number of halogens is 1. The summed E-state index contributed by atoms with van der Waals surface area (Å²) in [4.78, 5) is 0. The van der Waals surface area contributed by atoms with Crippen LogP contribution in [0.15, 0.2) is 18.2 Å². The van der Waals surface area contributed by atoms with Gasteiger partial charge >= 0.3 is 0 Å². The number of hydrogen-bond acceptors (Lipinski definition) is 1. The van der Waals surface area contributed by atoms with Crippen molar-refractivity contribution in [3.8, 4) is 0 Å². The van der Waals surface area contributed by atoms with E-state index in [2.05, 4.69) is 12.2 Å². The van der Waals surface area contributed by atoms with Crippen molar-refractivity contribution in [2.45, 2.75) is 32.7 Å². The Hall–Kier alpha value is -0.890. The van der Waals surface area contributed by atoms with Gasteiger partial charge in [0.1, 0.15) is 5.82 Å². The van der Waals surface area contributed by atoms with E-state index in [1.54, 1.807) is 13.0 Å². The minimum absolute atomic E-state index is 0.115. The summed E-state index contributed by atoms with van der Waals surface area (Å²) in [5, 5.41) is 3.19. The summed E-state index contributed by atoms with van der Waals surface area (Å²) in [6.45, 7) is 3.96. The van der Waals surface area contributed by atoms with Gasteiger partial charge in [-0.15, -0.1) is 0 Å². The number of benzene rings is 1. The summed E-state index contributed by atoms with van der Waals surface area (Å²) in [6.07, 6.45) is 2.09. The van der Waals surface area contributed by atoms with Crippen molar-refractivity contribution >= 4 is 0 Å². The van der Waals surface area contributed by atoms with Crippen LogP contribution < -0.4 is 5.32 Å². The zero-order valence-corrected chi connectivity index (χ0v) is 9.10. The molecule has 1 aromatic carbocycles. The second kappa shape index (κ2) is 5.11. The minimum Gasteiger partial charge on any atom is -0.317 e. The van der Waals surface area contributed by atoms with Gasteiger partial charge in [0.25, 0.3) is 0 Å². The highest BCUT2D eigenvalue weighted by Crippen LogP contribution is 2.11. The lowest BCUT2D eigenvalue weighted by atomic mass is 10.0. The van der Waals surface area contributed by atoms with Crippen molar-refractivity contribution in [1.82, 2.24) is 5.32 Å². The topological polar surface area (TPSA) is 12.0 Å². The van der Waals surface area contributed by atoms with Crippen molar-refractivity contribution in [3.63, 3.8) is 0 Å². The van der Waals surface area contributed by atoms with Crippen LogP contribution in [0.2, 0.25) is 0 Å². The zero-order chi connectivity index (χ0) is 10.6. The van der Waals surface area contributed by atoms with E-state index in [0.717, 1.165) is 18.4 Å². The average Bonchev–Trinajstić information content (AvgIpc) is 2.19. The molecule has 0 aliphatic rings. The van der Waals surface area contributed by atoms with E-state index < -0.39 is 0 Å². The van der Waals surface area contributed by atoms with E-state index >= 15 is 0 Å². The van der Waals surface area contributed by atoms with Crippen LogP contribution in [-0.4, -0.2) is 13.1 Å². The fourth-order valence-corrected chi connectivity index (χ4v) is 1.39. The van der Waals surface area contributed by atoms with Gasteiger partial charge < -0.3 is 5.32 Å². The Balaban J connectivity index is 2.55. The summed E-state index contributed by atoms with van der Waals surface area (Å²) >= 11 is 0. The highest BCUT2D eigenvalue weighted by molar-refractivity contribution is 5.23. The first kappa shape index (κ1) is 11.2. The Labute approximate surface area is 85.3 Å². The van der Waals surface area contributed by atoms with Gasteiger partial charge in [0.2, 0.25) is 0 Å². The quantitative estimate of drug-likeness (QED) is 0.779. The lowest BCUT2D eigenvalue weighted by molar-refractivity contribution is 0.564. The molecule has 0 saturated carbocycles. The van der Waals surface area contributed by atoms with Gasteiger partial charge in [-0.1, -0.05) is 12.1 Å². The number of rotatable bonds is 4. The average molecular weight is 195 g/mol. The molecule has 0 amide bonds. The van der Waals surface area contributed by atoms with Crippen LogP contribution in [0.5, 0.6) is 0 Å². The molecule has 0 fully saturated rings. The molecule has 2 heteroatoms. The van der Waals surface area contributed by atoms with E-state index in [4.69, 9.17) is 0 Å². The van der Waals surface area contributed by atoms with E-state index in [-0.39, 0.29) is 5.82 Å². The maximum atomic E-state index is 13.0. The summed E-state index contributed by atoms with van der Waals surface area (Å²) in [7, 11) is 1.96. The Morgan fingerprint density at radius 3 is 2.71 bits per heavy atom. The SMILES string of the molecule is CNC(C)CCc1ccc(F)c(C)c1. The van der Waals surface area contributed by atoms with Gasteiger partial charge in [0, 0.05) is 6.04 Å². The van der Waals surface area contributed by atoms with Gasteiger partial charge in [-0.3, -0.25) is 0 Å². The molecule has 0 radical (unpaired) electrons. The van der Waals surface area contributed by atoms with Crippen LogP contribution in [0, 0.1) is 12.7 Å². The summed E-state index contributed by atoms with van der Waals surface area (Å²) < 4.78 is 13.0. The normalized spacial score (nSPS) is 12.9. The van der Waals surface area contributed by atoms with Crippen molar-refractivity contribution in [1.29, 1.82) is 0 Å². The van der Waals surface area contributed by atoms with Crippen LogP contribution in [-0.2, 0) is 6.42 Å². The molecular weight excluding hydrogens is 177 g/mol. The fraction of sp³-hybridized carbons (Fsp3) is 0.500. The third kappa shape index (κ3) is 3.11. The molecule has 1 aromatic rings. The summed E-state index contributed by atoms with van der Waals surface area (Å²) in [5.41, 5.74) is 1.95. The second-order valence-electron chi connectivity index (χ2n) is 3.81. The summed E-state index contributed by atoms with van der Waals surface area (Å²) in [5.74, 6) is -0.115. The molecular formula is C12H18FN. The first-order chi connectivity index (χ1) is 6.63. The van der Waals surface area contributed by atoms with Crippen LogP contribution in [0.1, 0.15) is 24.5 Å². The molecule has 1 rings (SSSR count). The van der Waals surface area contributed by atoms with Crippen molar-refractivity contribution in [2.75, 3.05) is 7.05 Å². The number of aryl methyl sites for hydroxylation is 2. The van der Waals surface area contributed by atoms with E-state index in [9.17, 15) is 4.39 Å². The third-order valence-electron chi connectivity index (χ3n) is 2.58. The molecule has 0 saturated heterocycles. The molecule has 1 atom stereocenters. The van der Waals surface area contributed by atoms with Gasteiger partial charge in [0.15, 0.2) is 0 Å². The monoisotopic (exact) mass is 195 g/mol. The first-order valence-electron chi connectivity index (χ1n) is 5.05. The number of hydrogen-bond donors (Lipinski definition) is 1. The molecule has 78 valence electrons. The molecule has 0 aliphatic heterocycles. The summed E-state index contributed by atoms with van der Waals surface area (Å²) in [6, 6.07) is 5.86. The molecule has 0 aliphatic carbocycles. The molecule has 0 bridgehead atoms. The van der Waals surface area contributed by atoms with Crippen molar-refractivity contribution in [3.05, 3.63) is 35.1 Å². The molecule has 0 aromatic heterocycles. The molecule has 0 heterocycles. The van der Waals surface area contributed by atoms with E-state index in [1.165, 1.54) is 5.56 Å². The molecule has 1 nitrogen and oxygen atoms in total. The van der Waals surface area contributed by atoms with Crippen LogP contribution >= 0.6 is 0 Å². The third-order valence-corrected chi connectivity index (χ3v) is 2.58. The van der Waals surface area contributed by atoms with Crippen LogP contribution in [0.4, 0.5) is 4.39 Å². The zero-order valence-electron chi connectivity index (χ0n) is 9.10. The Morgan fingerprint density at radius 1 is 1.43 bits per heavy atom. The standard InChI is InChI=1S/C12H18FN/c1-9-8-11(6-7-12(9)13)5-4-10(2)14-3/h6-8,10,14H,4-5H2,1-3H3. The minimum atomic E-state index is -0.115. The second-order valence-corrected chi connectivity index (χ2v) is 3.81. The number of nitrogens with one attached hydrogen (secondary N) is 1. The predicted molar refractivity (Wildman–Crippen MR) is 58.0 cm³/mol. The maximum Gasteiger partial charge on any atom is 0.126 e. The van der Waals surface area contributed by atoms with E-state index in [0.29, 0.717) is 6.04 Å². The van der Waals surface area contributed by atoms with Gasteiger partial charge in [-0.2, -0.15) is 0 Å². The van der Waals surface area contributed by atoms with E-state index in [1.807, 2.05) is 19.2 Å². The first-order valence-corrected chi connectivity index (χ1v) is 5.05. The molecule has 1 N–H and O–H groups in total. The molecule has 14 heavy (non-hydrogen) atoms. The molecule has 1 unspecified atom stereocenters. The maximum absolute atomic E-state index is 13.0. The van der Waals surface area contributed by atoms with Gasteiger partial charge in [-0.25, -0.2) is 4.39 Å². The van der Waals surface area contributed by atoms with Crippen molar-refractivity contribution < 1.29 is 4.39 Å². The predicted octanol–water partition coefficient (Wildman–Crippen LogP) is 2.67. The van der Waals surface area contributed by atoms with Crippen LogP contribution in [0.3, 0.4) is 0 Å². The van der Waals surface area contributed by atoms with Crippen LogP contribution in [0.25, 0.3) is 0 Å². The van der Waals surface area contributed by atoms with Gasteiger partial charge in [0.05, 0.1) is 0 Å². The fourth-order valence-electron chi connectivity index (χ4n) is 1.39. The van der Waals surface area contributed by atoms with Crippen molar-refractivity contribution in [2.24, 2.45) is 0 Å². The lowest BCUT2D eigenvalue weighted by Gasteiger charge is -2.09. The van der Waals surface area contributed by atoms with Gasteiger partial charge in [-0.05, 0) is 50.9 Å². The Kier molecular flexibility index (Phi) is 4.08. The smallest absolute Gasteiger partial charge is 0.126 e.